The van der Waals surface area contributed by atoms with E-state index in [0.29, 0.717) is 13.0 Å². The number of hydrogen-bond acceptors (Lipinski definition) is 5. The molecule has 0 aromatic rings. The molecule has 2 atom stereocenters. The van der Waals surface area contributed by atoms with Crippen LogP contribution >= 0.6 is 11.8 Å². The minimum Gasteiger partial charge on any atom is -0.465 e. The molecule has 0 fully saturated rings. The van der Waals surface area contributed by atoms with E-state index >= 15 is 0 Å². The lowest BCUT2D eigenvalue weighted by Gasteiger charge is -2.25. The fraction of sp³-hybridized carbons (Fsp3) is 0.909. The Balaban J connectivity index is 3.98. The van der Waals surface area contributed by atoms with E-state index in [-0.39, 0.29) is 17.8 Å². The average Bonchev–Trinajstić information content (AvgIpc) is 2.17. The second-order valence-electron chi connectivity index (χ2n) is 4.10. The van der Waals surface area contributed by atoms with E-state index in [9.17, 15) is 4.79 Å². The van der Waals surface area contributed by atoms with Gasteiger partial charge in [0.1, 0.15) is 5.54 Å². The monoisotopic (exact) mass is 249 g/mol. The van der Waals surface area contributed by atoms with Crippen LogP contribution in [0.5, 0.6) is 0 Å². The molecule has 3 N–H and O–H groups in total. The van der Waals surface area contributed by atoms with Gasteiger partial charge in [0.05, 0.1) is 6.61 Å². The summed E-state index contributed by atoms with van der Waals surface area (Å²) in [5.74, 6) is 0.543. The number of hydrogen-bond donors (Lipinski definition) is 2. The van der Waals surface area contributed by atoms with Crippen LogP contribution in [-0.2, 0) is 9.53 Å². The highest BCUT2D eigenvalue weighted by Gasteiger charge is 2.31. The van der Waals surface area contributed by atoms with Crippen molar-refractivity contribution >= 4 is 17.7 Å². The standard InChI is InChI=1S/C11H23NO3S/c1-4-15-10(14)11(3,12)8-9(2)16-7-5-6-13/h9,13H,4-8,12H2,1-3H3. The molecule has 0 bridgehead atoms. The molecule has 4 nitrogen and oxygen atoms in total. The van der Waals surface area contributed by atoms with E-state index in [0.717, 1.165) is 12.2 Å². The van der Waals surface area contributed by atoms with Crippen molar-refractivity contribution in [2.75, 3.05) is 19.0 Å². The summed E-state index contributed by atoms with van der Waals surface area (Å²) in [6.07, 6.45) is 1.36. The fourth-order valence-corrected chi connectivity index (χ4v) is 2.55. The number of esters is 1. The molecular weight excluding hydrogens is 226 g/mol. The smallest absolute Gasteiger partial charge is 0.325 e. The lowest BCUT2D eigenvalue weighted by atomic mass is 9.98. The quantitative estimate of drug-likeness (QED) is 0.499. The number of carbonyl (C=O) groups is 1. The molecule has 0 spiro atoms. The van der Waals surface area contributed by atoms with E-state index in [1.54, 1.807) is 25.6 Å². The van der Waals surface area contributed by atoms with Crippen molar-refractivity contribution in [1.82, 2.24) is 0 Å². The molecule has 2 unspecified atom stereocenters. The lowest BCUT2D eigenvalue weighted by Crippen LogP contribution is -2.47. The summed E-state index contributed by atoms with van der Waals surface area (Å²) in [6.45, 7) is 6.07. The van der Waals surface area contributed by atoms with Crippen molar-refractivity contribution in [3.8, 4) is 0 Å². The molecule has 0 rings (SSSR count). The Bertz CT molecular complexity index is 209. The zero-order chi connectivity index (χ0) is 12.6. The maximum absolute atomic E-state index is 11.5. The first kappa shape index (κ1) is 15.7. The lowest BCUT2D eigenvalue weighted by molar-refractivity contribution is -0.149. The van der Waals surface area contributed by atoms with Crippen molar-refractivity contribution in [2.24, 2.45) is 5.73 Å². The summed E-state index contributed by atoms with van der Waals surface area (Å²) in [7, 11) is 0. The summed E-state index contributed by atoms with van der Waals surface area (Å²) in [5, 5.41) is 8.94. The summed E-state index contributed by atoms with van der Waals surface area (Å²) >= 11 is 1.72. The van der Waals surface area contributed by atoms with Gasteiger partial charge in [-0.2, -0.15) is 11.8 Å². The molecule has 0 radical (unpaired) electrons. The Morgan fingerprint density at radius 1 is 1.62 bits per heavy atom. The second kappa shape index (κ2) is 7.92. The summed E-state index contributed by atoms with van der Waals surface area (Å²) in [6, 6.07) is 0. The van der Waals surface area contributed by atoms with Gasteiger partial charge in [-0.15, -0.1) is 0 Å². The molecule has 0 aromatic heterocycles. The first-order valence-electron chi connectivity index (χ1n) is 5.62. The van der Waals surface area contributed by atoms with Crippen molar-refractivity contribution in [3.63, 3.8) is 0 Å². The minimum absolute atomic E-state index is 0.206. The zero-order valence-corrected chi connectivity index (χ0v) is 11.2. The van der Waals surface area contributed by atoms with E-state index in [1.165, 1.54) is 0 Å². The second-order valence-corrected chi connectivity index (χ2v) is 5.65. The van der Waals surface area contributed by atoms with E-state index in [2.05, 4.69) is 0 Å². The SMILES string of the molecule is CCOC(=O)C(C)(N)CC(C)SCCCO. The summed E-state index contributed by atoms with van der Waals surface area (Å²) < 4.78 is 4.92. The number of aliphatic hydroxyl groups is 1. The van der Waals surface area contributed by atoms with Crippen molar-refractivity contribution in [2.45, 2.75) is 44.4 Å². The maximum Gasteiger partial charge on any atom is 0.325 e. The molecular formula is C11H23NO3S. The third-order valence-electron chi connectivity index (χ3n) is 2.16. The normalized spacial score (nSPS) is 16.6. The number of carbonyl (C=O) groups excluding carboxylic acids is 1. The Morgan fingerprint density at radius 2 is 2.25 bits per heavy atom. The van der Waals surface area contributed by atoms with E-state index in [4.69, 9.17) is 15.6 Å². The molecule has 0 heterocycles. The third kappa shape index (κ3) is 6.35. The van der Waals surface area contributed by atoms with Gasteiger partial charge in [-0.25, -0.2) is 0 Å². The molecule has 0 aromatic carbocycles. The molecule has 0 saturated heterocycles. The molecule has 96 valence electrons. The minimum atomic E-state index is -0.915. The van der Waals surface area contributed by atoms with Crippen LogP contribution in [0.1, 0.15) is 33.6 Å². The largest absolute Gasteiger partial charge is 0.465 e. The van der Waals surface area contributed by atoms with Gasteiger partial charge < -0.3 is 15.6 Å². The Kier molecular flexibility index (Phi) is 7.80. The third-order valence-corrected chi connectivity index (χ3v) is 3.42. The maximum atomic E-state index is 11.5. The average molecular weight is 249 g/mol. The first-order valence-corrected chi connectivity index (χ1v) is 6.67. The van der Waals surface area contributed by atoms with Gasteiger partial charge >= 0.3 is 5.97 Å². The van der Waals surface area contributed by atoms with Crippen LogP contribution in [-0.4, -0.2) is 40.8 Å². The Morgan fingerprint density at radius 3 is 2.75 bits per heavy atom. The van der Waals surface area contributed by atoms with Gasteiger partial charge in [-0.3, -0.25) is 4.79 Å². The summed E-state index contributed by atoms with van der Waals surface area (Å²) in [5.41, 5.74) is 5.00. The first-order chi connectivity index (χ1) is 7.44. The van der Waals surface area contributed by atoms with Crippen molar-refractivity contribution in [3.05, 3.63) is 0 Å². The molecule has 0 amide bonds. The predicted octanol–water partition coefficient (Wildman–Crippen LogP) is 1.16. The number of rotatable bonds is 8. The number of ether oxygens (including phenoxy) is 1. The number of aliphatic hydroxyl groups excluding tert-OH is 1. The summed E-state index contributed by atoms with van der Waals surface area (Å²) in [4.78, 5) is 11.5. The van der Waals surface area contributed by atoms with Crippen LogP contribution in [0.3, 0.4) is 0 Å². The Hall–Kier alpha value is -0.260. The van der Waals surface area contributed by atoms with Gasteiger partial charge in [0, 0.05) is 11.9 Å². The van der Waals surface area contributed by atoms with Crippen LogP contribution in [0, 0.1) is 0 Å². The van der Waals surface area contributed by atoms with Crippen molar-refractivity contribution < 1.29 is 14.6 Å². The van der Waals surface area contributed by atoms with Crippen LogP contribution in [0.25, 0.3) is 0 Å². The molecule has 0 aliphatic heterocycles. The van der Waals surface area contributed by atoms with Gasteiger partial charge in [-0.1, -0.05) is 6.92 Å². The van der Waals surface area contributed by atoms with E-state index < -0.39 is 5.54 Å². The molecule has 5 heteroatoms. The van der Waals surface area contributed by atoms with Gasteiger partial charge in [0.2, 0.25) is 0 Å². The van der Waals surface area contributed by atoms with Gasteiger partial charge in [-0.05, 0) is 32.4 Å². The van der Waals surface area contributed by atoms with E-state index in [1.807, 2.05) is 6.92 Å². The zero-order valence-electron chi connectivity index (χ0n) is 10.4. The Labute approximate surface area is 102 Å². The molecule has 0 saturated carbocycles. The van der Waals surface area contributed by atoms with Crippen LogP contribution in [0.4, 0.5) is 0 Å². The highest BCUT2D eigenvalue weighted by atomic mass is 32.2. The number of thioether (sulfide) groups is 1. The van der Waals surface area contributed by atoms with Crippen LogP contribution in [0.15, 0.2) is 0 Å². The predicted molar refractivity (Wildman–Crippen MR) is 67.5 cm³/mol. The topological polar surface area (TPSA) is 72.5 Å². The number of nitrogens with two attached hydrogens (primary N) is 1. The van der Waals surface area contributed by atoms with Crippen LogP contribution < -0.4 is 5.73 Å². The highest BCUT2D eigenvalue weighted by molar-refractivity contribution is 7.99. The van der Waals surface area contributed by atoms with Crippen LogP contribution in [0.2, 0.25) is 0 Å². The van der Waals surface area contributed by atoms with Gasteiger partial charge in [0.15, 0.2) is 0 Å². The van der Waals surface area contributed by atoms with Crippen molar-refractivity contribution in [1.29, 1.82) is 0 Å². The van der Waals surface area contributed by atoms with Gasteiger partial charge in [0.25, 0.3) is 0 Å². The molecule has 0 aliphatic carbocycles. The molecule has 16 heavy (non-hydrogen) atoms. The molecule has 0 aliphatic rings. The highest BCUT2D eigenvalue weighted by Crippen LogP contribution is 2.21. The fourth-order valence-electron chi connectivity index (χ4n) is 1.38.